The van der Waals surface area contributed by atoms with Crippen molar-refractivity contribution in [3.8, 4) is 0 Å². The number of unbranched alkanes of at least 4 members (excludes halogenated alkanes) is 6. The molecule has 0 bridgehead atoms. The summed E-state index contributed by atoms with van der Waals surface area (Å²) in [6.07, 6.45) is 15.1. The zero-order valence-corrected chi connectivity index (χ0v) is 11.3. The van der Waals surface area contributed by atoms with Crippen molar-refractivity contribution in [1.82, 2.24) is 0 Å². The lowest BCUT2D eigenvalue weighted by molar-refractivity contribution is 0.122. The molecule has 0 spiro atoms. The molecule has 0 N–H and O–H groups in total. The van der Waals surface area contributed by atoms with Crippen molar-refractivity contribution in [3.05, 3.63) is 12.8 Å². The lowest BCUT2D eigenvalue weighted by Crippen LogP contribution is -2.09. The van der Waals surface area contributed by atoms with Crippen LogP contribution >= 0.6 is 0 Å². The van der Waals surface area contributed by atoms with E-state index in [0.29, 0.717) is 6.10 Å². The van der Waals surface area contributed by atoms with Crippen molar-refractivity contribution >= 4 is 0 Å². The summed E-state index contributed by atoms with van der Waals surface area (Å²) >= 11 is 0. The van der Waals surface area contributed by atoms with Crippen LogP contribution in [0, 0.1) is 0 Å². The quantitative estimate of drug-likeness (QED) is 0.317. The van der Waals surface area contributed by atoms with Crippen LogP contribution < -0.4 is 0 Å². The average molecular weight is 226 g/mol. The first-order valence-electron chi connectivity index (χ1n) is 7.11. The summed E-state index contributed by atoms with van der Waals surface area (Å²) in [6, 6.07) is 0. The number of hydrogen-bond donors (Lipinski definition) is 0. The van der Waals surface area contributed by atoms with Crippen molar-refractivity contribution in [2.75, 3.05) is 0 Å². The highest BCUT2D eigenvalue weighted by atomic mass is 16.5. The summed E-state index contributed by atoms with van der Waals surface area (Å²) < 4.78 is 5.54. The highest BCUT2D eigenvalue weighted by Gasteiger charge is 2.06. The van der Waals surface area contributed by atoms with Gasteiger partial charge in [0, 0.05) is 0 Å². The predicted molar refractivity (Wildman–Crippen MR) is 72.6 cm³/mol. The van der Waals surface area contributed by atoms with E-state index in [4.69, 9.17) is 4.74 Å². The van der Waals surface area contributed by atoms with E-state index in [1.54, 1.807) is 6.26 Å². The normalized spacial score (nSPS) is 12.4. The van der Waals surface area contributed by atoms with Gasteiger partial charge < -0.3 is 4.74 Å². The van der Waals surface area contributed by atoms with E-state index < -0.39 is 0 Å². The van der Waals surface area contributed by atoms with Gasteiger partial charge in [0.25, 0.3) is 0 Å². The van der Waals surface area contributed by atoms with E-state index in [2.05, 4.69) is 20.4 Å². The van der Waals surface area contributed by atoms with Crippen molar-refractivity contribution in [1.29, 1.82) is 0 Å². The minimum atomic E-state index is 0.420. The van der Waals surface area contributed by atoms with Crippen LogP contribution in [0.15, 0.2) is 12.8 Å². The van der Waals surface area contributed by atoms with Gasteiger partial charge in [0.05, 0.1) is 12.4 Å². The Kier molecular flexibility index (Phi) is 12.2. The van der Waals surface area contributed by atoms with Gasteiger partial charge in [0.15, 0.2) is 0 Å². The van der Waals surface area contributed by atoms with Gasteiger partial charge in [0.2, 0.25) is 0 Å². The van der Waals surface area contributed by atoms with Crippen LogP contribution in [0.25, 0.3) is 0 Å². The molecular weight excluding hydrogens is 196 g/mol. The van der Waals surface area contributed by atoms with Gasteiger partial charge in [-0.05, 0) is 19.3 Å². The Morgan fingerprint density at radius 2 is 1.44 bits per heavy atom. The van der Waals surface area contributed by atoms with Crippen LogP contribution in [0.2, 0.25) is 0 Å². The van der Waals surface area contributed by atoms with E-state index in [1.165, 1.54) is 64.2 Å². The summed E-state index contributed by atoms with van der Waals surface area (Å²) in [4.78, 5) is 0. The Labute approximate surface area is 102 Å². The molecule has 0 amide bonds. The van der Waals surface area contributed by atoms with Crippen LogP contribution in [0.3, 0.4) is 0 Å². The van der Waals surface area contributed by atoms with Crippen LogP contribution in [-0.4, -0.2) is 6.10 Å². The van der Waals surface area contributed by atoms with Gasteiger partial charge in [-0.3, -0.25) is 0 Å². The third kappa shape index (κ3) is 10.1. The smallest absolute Gasteiger partial charge is 0.0978 e. The summed E-state index contributed by atoms with van der Waals surface area (Å²) in [5.74, 6) is 0. The summed E-state index contributed by atoms with van der Waals surface area (Å²) in [7, 11) is 0. The molecule has 1 unspecified atom stereocenters. The number of rotatable bonds is 12. The second-order valence-corrected chi connectivity index (χ2v) is 4.62. The maximum atomic E-state index is 5.54. The fraction of sp³-hybridized carbons (Fsp3) is 0.867. The highest BCUT2D eigenvalue weighted by Crippen LogP contribution is 2.14. The molecule has 0 fully saturated rings. The minimum absolute atomic E-state index is 0.420. The first-order chi connectivity index (χ1) is 7.85. The molecule has 0 saturated carbocycles. The van der Waals surface area contributed by atoms with Crippen molar-refractivity contribution in [3.63, 3.8) is 0 Å². The van der Waals surface area contributed by atoms with Gasteiger partial charge >= 0.3 is 0 Å². The Morgan fingerprint density at radius 3 is 2.06 bits per heavy atom. The van der Waals surface area contributed by atoms with Crippen LogP contribution in [0.5, 0.6) is 0 Å². The summed E-state index contributed by atoms with van der Waals surface area (Å²) in [6.45, 7) is 8.15. The van der Waals surface area contributed by atoms with Gasteiger partial charge in [-0.1, -0.05) is 65.4 Å². The zero-order chi connectivity index (χ0) is 12.1. The standard InChI is InChI=1S/C15H30O/c1-4-7-9-10-11-12-14-15(16-6-3)13-8-5-2/h6,15H,3-5,7-14H2,1-2H3. The number of hydrogen-bond acceptors (Lipinski definition) is 1. The lowest BCUT2D eigenvalue weighted by atomic mass is 10.0. The average Bonchev–Trinajstić information content (AvgIpc) is 2.30. The fourth-order valence-electron chi connectivity index (χ4n) is 2.00. The summed E-state index contributed by atoms with van der Waals surface area (Å²) in [5, 5.41) is 0. The molecule has 0 aliphatic carbocycles. The Balaban J connectivity index is 3.39. The molecule has 16 heavy (non-hydrogen) atoms. The monoisotopic (exact) mass is 226 g/mol. The molecule has 0 rings (SSSR count). The maximum absolute atomic E-state index is 5.54. The SMILES string of the molecule is C=COC(CCCC)CCCCCCCC. The second kappa shape index (κ2) is 12.6. The Morgan fingerprint density at radius 1 is 0.875 bits per heavy atom. The fourth-order valence-corrected chi connectivity index (χ4v) is 2.00. The molecule has 0 aromatic rings. The molecule has 1 heteroatoms. The molecular formula is C15H30O. The maximum Gasteiger partial charge on any atom is 0.0978 e. The van der Waals surface area contributed by atoms with Crippen molar-refractivity contribution in [2.45, 2.75) is 84.2 Å². The van der Waals surface area contributed by atoms with Crippen molar-refractivity contribution in [2.24, 2.45) is 0 Å². The van der Waals surface area contributed by atoms with E-state index in [0.717, 1.165) is 0 Å². The summed E-state index contributed by atoms with van der Waals surface area (Å²) in [5.41, 5.74) is 0. The van der Waals surface area contributed by atoms with E-state index in [1.807, 2.05) is 0 Å². The molecule has 0 heterocycles. The Hall–Kier alpha value is -0.460. The third-order valence-electron chi connectivity index (χ3n) is 3.05. The highest BCUT2D eigenvalue weighted by molar-refractivity contribution is 4.63. The lowest BCUT2D eigenvalue weighted by Gasteiger charge is -2.15. The van der Waals surface area contributed by atoms with E-state index in [-0.39, 0.29) is 0 Å². The van der Waals surface area contributed by atoms with E-state index in [9.17, 15) is 0 Å². The van der Waals surface area contributed by atoms with Crippen molar-refractivity contribution < 1.29 is 4.74 Å². The van der Waals surface area contributed by atoms with Gasteiger partial charge in [-0.15, -0.1) is 0 Å². The topological polar surface area (TPSA) is 9.23 Å². The predicted octanol–water partition coefficient (Wildman–Crippen LogP) is 5.46. The van der Waals surface area contributed by atoms with Gasteiger partial charge in [-0.2, -0.15) is 0 Å². The molecule has 96 valence electrons. The van der Waals surface area contributed by atoms with Gasteiger partial charge in [0.1, 0.15) is 0 Å². The van der Waals surface area contributed by atoms with Gasteiger partial charge in [-0.25, -0.2) is 0 Å². The first-order valence-corrected chi connectivity index (χ1v) is 7.11. The Bertz CT molecular complexity index is 142. The zero-order valence-electron chi connectivity index (χ0n) is 11.3. The molecule has 0 aromatic carbocycles. The molecule has 0 aliphatic heterocycles. The van der Waals surface area contributed by atoms with Crippen LogP contribution in [0.1, 0.15) is 78.1 Å². The molecule has 1 atom stereocenters. The van der Waals surface area contributed by atoms with E-state index >= 15 is 0 Å². The molecule has 1 nitrogen and oxygen atoms in total. The third-order valence-corrected chi connectivity index (χ3v) is 3.05. The first kappa shape index (κ1) is 15.5. The second-order valence-electron chi connectivity index (χ2n) is 4.62. The molecule has 0 saturated heterocycles. The number of ether oxygens (including phenoxy) is 1. The molecule has 0 radical (unpaired) electrons. The molecule has 0 aromatic heterocycles. The largest absolute Gasteiger partial charge is 0.499 e. The minimum Gasteiger partial charge on any atom is -0.499 e. The molecule has 0 aliphatic rings. The van der Waals surface area contributed by atoms with Crippen LogP contribution in [0.4, 0.5) is 0 Å². The van der Waals surface area contributed by atoms with Crippen LogP contribution in [-0.2, 0) is 4.74 Å².